The highest BCUT2D eigenvalue weighted by Gasteiger charge is 1.99. The summed E-state index contributed by atoms with van der Waals surface area (Å²) in [5.41, 5.74) is 6.82. The molecule has 0 saturated carbocycles. The number of hydrogen-bond acceptors (Lipinski definition) is 4. The van der Waals surface area contributed by atoms with E-state index in [0.29, 0.717) is 6.54 Å². The number of ether oxygens (including phenoxy) is 1. The minimum atomic E-state index is -0.170. The van der Waals surface area contributed by atoms with Gasteiger partial charge in [0.05, 0.1) is 13.7 Å². The molecule has 0 aliphatic heterocycles. The highest BCUT2D eigenvalue weighted by atomic mass is 16.5. The molecule has 0 aromatic heterocycles. The summed E-state index contributed by atoms with van der Waals surface area (Å²) in [6.45, 7) is 1.53. The fraction of sp³-hybridized carbons (Fsp3) is 0.500. The van der Waals surface area contributed by atoms with Crippen molar-refractivity contribution < 1.29 is 9.84 Å². The summed E-state index contributed by atoms with van der Waals surface area (Å²) >= 11 is 0. The summed E-state index contributed by atoms with van der Waals surface area (Å²) in [4.78, 5) is 0. The Morgan fingerprint density at radius 1 is 1.38 bits per heavy atom. The summed E-state index contributed by atoms with van der Waals surface area (Å²) in [6, 6.07) is 7.83. The van der Waals surface area contributed by atoms with Gasteiger partial charge in [0, 0.05) is 12.6 Å². The Morgan fingerprint density at radius 3 is 2.62 bits per heavy atom. The van der Waals surface area contributed by atoms with Gasteiger partial charge in [0.1, 0.15) is 5.75 Å². The van der Waals surface area contributed by atoms with E-state index in [2.05, 4.69) is 5.32 Å². The third-order valence-electron chi connectivity index (χ3n) is 2.39. The van der Waals surface area contributed by atoms with Crippen molar-refractivity contribution in [3.8, 4) is 5.75 Å². The van der Waals surface area contributed by atoms with E-state index in [1.54, 1.807) is 7.11 Å². The van der Waals surface area contributed by atoms with Crippen molar-refractivity contribution in [1.82, 2.24) is 5.32 Å². The summed E-state index contributed by atoms with van der Waals surface area (Å²) in [5.74, 6) is 0.874. The first-order valence-electron chi connectivity index (χ1n) is 5.46. The van der Waals surface area contributed by atoms with Gasteiger partial charge in [-0.15, -0.1) is 0 Å². The summed E-state index contributed by atoms with van der Waals surface area (Å²) in [5, 5.41) is 11.9. The molecule has 0 spiro atoms. The normalized spacial score (nSPS) is 12.4. The van der Waals surface area contributed by atoms with Crippen LogP contribution in [-0.4, -0.2) is 38.0 Å². The molecule has 16 heavy (non-hydrogen) atoms. The maximum absolute atomic E-state index is 8.73. The van der Waals surface area contributed by atoms with Gasteiger partial charge < -0.3 is 20.9 Å². The Labute approximate surface area is 96.4 Å². The second-order valence-corrected chi connectivity index (χ2v) is 3.74. The van der Waals surface area contributed by atoms with Gasteiger partial charge in [-0.25, -0.2) is 0 Å². The molecular weight excluding hydrogens is 204 g/mol. The van der Waals surface area contributed by atoms with Crippen LogP contribution in [0.3, 0.4) is 0 Å². The van der Waals surface area contributed by atoms with Crippen LogP contribution in [0, 0.1) is 0 Å². The van der Waals surface area contributed by atoms with Gasteiger partial charge in [-0.3, -0.25) is 0 Å². The lowest BCUT2D eigenvalue weighted by Crippen LogP contribution is -2.37. The number of nitrogens with two attached hydrogens (primary N) is 1. The van der Waals surface area contributed by atoms with E-state index in [-0.39, 0.29) is 12.6 Å². The fourth-order valence-electron chi connectivity index (χ4n) is 1.38. The lowest BCUT2D eigenvalue weighted by Gasteiger charge is -2.09. The first kappa shape index (κ1) is 13.0. The van der Waals surface area contributed by atoms with Gasteiger partial charge in [0.25, 0.3) is 0 Å². The zero-order chi connectivity index (χ0) is 11.8. The molecule has 0 saturated heterocycles. The molecule has 1 unspecified atom stereocenters. The molecule has 0 heterocycles. The summed E-state index contributed by atoms with van der Waals surface area (Å²) < 4.78 is 5.08. The topological polar surface area (TPSA) is 67.5 Å². The lowest BCUT2D eigenvalue weighted by atomic mass is 10.1. The van der Waals surface area contributed by atoms with Crippen LogP contribution < -0.4 is 15.8 Å². The molecule has 0 radical (unpaired) electrons. The van der Waals surface area contributed by atoms with Gasteiger partial charge in [-0.1, -0.05) is 12.1 Å². The monoisotopic (exact) mass is 224 g/mol. The van der Waals surface area contributed by atoms with E-state index in [9.17, 15) is 0 Å². The maximum Gasteiger partial charge on any atom is 0.118 e. The number of methoxy groups -OCH3 is 1. The van der Waals surface area contributed by atoms with E-state index in [4.69, 9.17) is 15.6 Å². The molecule has 1 rings (SSSR count). The number of aliphatic hydroxyl groups is 1. The Kier molecular flexibility index (Phi) is 5.85. The molecule has 4 N–H and O–H groups in total. The lowest BCUT2D eigenvalue weighted by molar-refractivity contribution is 0.262. The van der Waals surface area contributed by atoms with Crippen molar-refractivity contribution in [2.45, 2.75) is 12.5 Å². The number of aliphatic hydroxyl groups excluding tert-OH is 1. The first-order valence-corrected chi connectivity index (χ1v) is 5.46. The van der Waals surface area contributed by atoms with E-state index in [1.165, 1.54) is 5.56 Å². The van der Waals surface area contributed by atoms with E-state index in [0.717, 1.165) is 18.7 Å². The Balaban J connectivity index is 2.21. The molecule has 0 aliphatic carbocycles. The second-order valence-electron chi connectivity index (χ2n) is 3.74. The largest absolute Gasteiger partial charge is 0.497 e. The molecule has 4 heteroatoms. The molecule has 0 bridgehead atoms. The Bertz CT molecular complexity index is 288. The molecule has 0 amide bonds. The van der Waals surface area contributed by atoms with Gasteiger partial charge in [-0.05, 0) is 30.7 Å². The zero-order valence-electron chi connectivity index (χ0n) is 9.65. The molecule has 4 nitrogen and oxygen atoms in total. The fourth-order valence-corrected chi connectivity index (χ4v) is 1.38. The average Bonchev–Trinajstić information content (AvgIpc) is 2.35. The second kappa shape index (κ2) is 7.22. The van der Waals surface area contributed by atoms with Gasteiger partial charge >= 0.3 is 0 Å². The minimum Gasteiger partial charge on any atom is -0.497 e. The quantitative estimate of drug-likeness (QED) is 0.577. The molecule has 1 aromatic carbocycles. The van der Waals surface area contributed by atoms with Gasteiger partial charge in [0.2, 0.25) is 0 Å². The molecule has 0 fully saturated rings. The van der Waals surface area contributed by atoms with Gasteiger partial charge in [-0.2, -0.15) is 0 Å². The van der Waals surface area contributed by atoms with Crippen LogP contribution in [0.5, 0.6) is 5.75 Å². The third kappa shape index (κ3) is 4.61. The van der Waals surface area contributed by atoms with E-state index in [1.807, 2.05) is 24.3 Å². The van der Waals surface area contributed by atoms with Crippen molar-refractivity contribution in [1.29, 1.82) is 0 Å². The Morgan fingerprint density at radius 2 is 2.06 bits per heavy atom. The van der Waals surface area contributed by atoms with Crippen LogP contribution in [0.1, 0.15) is 5.56 Å². The SMILES string of the molecule is COc1ccc(CCNCC(N)CO)cc1. The van der Waals surface area contributed by atoms with Crippen molar-refractivity contribution in [2.75, 3.05) is 26.8 Å². The highest BCUT2D eigenvalue weighted by molar-refractivity contribution is 5.27. The standard InChI is InChI=1S/C12H20N2O2/c1-16-12-4-2-10(3-5-12)6-7-14-8-11(13)9-15/h2-5,11,14-15H,6-9,13H2,1H3. The number of hydrogen-bond donors (Lipinski definition) is 3. The summed E-state index contributed by atoms with van der Waals surface area (Å²) in [7, 11) is 1.66. The van der Waals surface area contributed by atoms with Crippen LogP contribution in [0.15, 0.2) is 24.3 Å². The molecule has 1 atom stereocenters. The molecule has 0 aliphatic rings. The van der Waals surface area contributed by atoms with Crippen LogP contribution in [0.4, 0.5) is 0 Å². The van der Waals surface area contributed by atoms with Crippen molar-refractivity contribution in [3.05, 3.63) is 29.8 Å². The maximum atomic E-state index is 8.73. The Hall–Kier alpha value is -1.10. The average molecular weight is 224 g/mol. The van der Waals surface area contributed by atoms with Crippen LogP contribution >= 0.6 is 0 Å². The van der Waals surface area contributed by atoms with E-state index >= 15 is 0 Å². The molecule has 1 aromatic rings. The number of benzene rings is 1. The summed E-state index contributed by atoms with van der Waals surface area (Å²) in [6.07, 6.45) is 0.947. The van der Waals surface area contributed by atoms with Crippen LogP contribution in [-0.2, 0) is 6.42 Å². The predicted molar refractivity (Wildman–Crippen MR) is 64.6 cm³/mol. The molecule has 90 valence electrons. The predicted octanol–water partition coefficient (Wildman–Crippen LogP) is 0.147. The van der Waals surface area contributed by atoms with Crippen LogP contribution in [0.25, 0.3) is 0 Å². The first-order chi connectivity index (χ1) is 7.76. The smallest absolute Gasteiger partial charge is 0.118 e. The molecular formula is C12H20N2O2. The van der Waals surface area contributed by atoms with Crippen molar-refractivity contribution >= 4 is 0 Å². The number of nitrogens with one attached hydrogen (secondary N) is 1. The van der Waals surface area contributed by atoms with E-state index < -0.39 is 0 Å². The van der Waals surface area contributed by atoms with Crippen molar-refractivity contribution in [2.24, 2.45) is 5.73 Å². The van der Waals surface area contributed by atoms with Crippen molar-refractivity contribution in [3.63, 3.8) is 0 Å². The third-order valence-corrected chi connectivity index (χ3v) is 2.39. The zero-order valence-corrected chi connectivity index (χ0v) is 9.65. The van der Waals surface area contributed by atoms with Crippen LogP contribution in [0.2, 0.25) is 0 Å². The number of rotatable bonds is 7. The highest BCUT2D eigenvalue weighted by Crippen LogP contribution is 2.11. The minimum absolute atomic E-state index is 0.0233. The van der Waals surface area contributed by atoms with Gasteiger partial charge in [0.15, 0.2) is 0 Å².